The van der Waals surface area contributed by atoms with Crippen molar-refractivity contribution in [2.24, 2.45) is 16.6 Å². The molecule has 2 atom stereocenters. The van der Waals surface area contributed by atoms with E-state index in [1.165, 1.54) is 4.90 Å². The Balaban J connectivity index is 0.00000109. The maximum atomic E-state index is 13.0. The van der Waals surface area contributed by atoms with Crippen LogP contribution in [-0.4, -0.2) is 48.1 Å². The predicted octanol–water partition coefficient (Wildman–Crippen LogP) is 1.93. The Labute approximate surface area is 164 Å². The van der Waals surface area contributed by atoms with Gasteiger partial charge in [-0.25, -0.2) is 4.99 Å². The number of amides is 1. The molecule has 1 aromatic heterocycles. The molecule has 148 valence electrons. The van der Waals surface area contributed by atoms with Gasteiger partial charge in [-0.15, -0.1) is 0 Å². The Morgan fingerprint density at radius 3 is 2.64 bits per heavy atom. The van der Waals surface area contributed by atoms with E-state index in [4.69, 9.17) is 15.6 Å². The van der Waals surface area contributed by atoms with Crippen LogP contribution in [0, 0.1) is 5.92 Å². The molecule has 0 radical (unpaired) electrons. The average Bonchev–Trinajstić information content (AvgIpc) is 2.93. The van der Waals surface area contributed by atoms with Crippen LogP contribution in [0.3, 0.4) is 0 Å². The van der Waals surface area contributed by atoms with Crippen molar-refractivity contribution in [1.82, 2.24) is 9.88 Å². The van der Waals surface area contributed by atoms with Gasteiger partial charge in [0.25, 0.3) is 5.91 Å². The number of pyridine rings is 1. The fourth-order valence-corrected chi connectivity index (χ4v) is 4.08. The van der Waals surface area contributed by atoms with Gasteiger partial charge in [-0.05, 0) is 47.6 Å². The number of carbonyl (C=O) groups excluding carboxylic acids is 1. The van der Waals surface area contributed by atoms with Crippen LogP contribution in [0.25, 0.3) is 11.1 Å². The third-order valence-electron chi connectivity index (χ3n) is 5.36. The number of nitrogens with two attached hydrogens (primary N) is 1. The van der Waals surface area contributed by atoms with Crippen LogP contribution in [0.2, 0.25) is 0 Å². The number of rotatable bonds is 2. The van der Waals surface area contributed by atoms with E-state index < -0.39 is 5.54 Å². The summed E-state index contributed by atoms with van der Waals surface area (Å²) in [4.78, 5) is 23.4. The molecule has 0 fully saturated rings. The molecule has 2 aromatic rings. The zero-order valence-electron chi connectivity index (χ0n) is 16.6. The number of fused-ring (bicyclic) bond motifs is 2. The summed E-state index contributed by atoms with van der Waals surface area (Å²) in [5, 5.41) is 7.00. The van der Waals surface area contributed by atoms with Crippen LogP contribution in [0.1, 0.15) is 24.5 Å². The van der Waals surface area contributed by atoms with E-state index in [0.29, 0.717) is 18.1 Å². The third kappa shape index (κ3) is 3.11. The normalized spacial score (nSPS) is 23.0. The van der Waals surface area contributed by atoms with Gasteiger partial charge in [-0.3, -0.25) is 14.7 Å². The zero-order chi connectivity index (χ0) is 20.5. The van der Waals surface area contributed by atoms with Gasteiger partial charge in [0.2, 0.25) is 0 Å². The van der Waals surface area contributed by atoms with Crippen LogP contribution in [0.5, 0.6) is 5.75 Å². The van der Waals surface area contributed by atoms with Crippen molar-refractivity contribution in [3.05, 3.63) is 47.8 Å². The van der Waals surface area contributed by atoms with Gasteiger partial charge in [0.05, 0.1) is 13.3 Å². The summed E-state index contributed by atoms with van der Waals surface area (Å²) in [7, 11) is 4.30. The van der Waals surface area contributed by atoms with Gasteiger partial charge < -0.3 is 15.6 Å². The SMILES string of the molecule is CO.COc1cncc(-c2ccc3c(c2)C2(C[C@@H](C)C3)N=C(N)N(C)C2=O)c1. The molecule has 1 aliphatic carbocycles. The van der Waals surface area contributed by atoms with E-state index in [1.54, 1.807) is 26.6 Å². The fraction of sp³-hybridized carbons (Fsp3) is 0.381. The molecule has 28 heavy (non-hydrogen) atoms. The summed E-state index contributed by atoms with van der Waals surface area (Å²) in [6.45, 7) is 2.15. The lowest BCUT2D eigenvalue weighted by molar-refractivity contribution is -0.131. The Morgan fingerprint density at radius 2 is 2.00 bits per heavy atom. The quantitative estimate of drug-likeness (QED) is 0.826. The summed E-state index contributed by atoms with van der Waals surface area (Å²) in [5.74, 6) is 1.29. The van der Waals surface area contributed by atoms with Crippen molar-refractivity contribution in [3.8, 4) is 16.9 Å². The first-order valence-electron chi connectivity index (χ1n) is 9.15. The second-order valence-electron chi connectivity index (χ2n) is 7.19. The summed E-state index contributed by atoms with van der Waals surface area (Å²) in [6.07, 6.45) is 5.07. The number of hydrogen-bond acceptors (Lipinski definition) is 6. The van der Waals surface area contributed by atoms with Crippen molar-refractivity contribution in [2.45, 2.75) is 25.3 Å². The van der Waals surface area contributed by atoms with Gasteiger partial charge in [-0.2, -0.15) is 0 Å². The number of methoxy groups -OCH3 is 1. The van der Waals surface area contributed by atoms with Crippen molar-refractivity contribution in [2.75, 3.05) is 21.3 Å². The Kier molecular flexibility index (Phi) is 5.38. The zero-order valence-corrected chi connectivity index (χ0v) is 16.6. The number of hydrogen-bond donors (Lipinski definition) is 2. The number of aromatic nitrogens is 1. The second kappa shape index (κ2) is 7.59. The molecular formula is C21H26N4O3. The maximum absolute atomic E-state index is 13.0. The number of aliphatic hydroxyl groups is 1. The Morgan fingerprint density at radius 1 is 1.25 bits per heavy atom. The molecule has 3 N–H and O–H groups in total. The molecule has 7 heteroatoms. The molecule has 4 rings (SSSR count). The van der Waals surface area contributed by atoms with E-state index in [-0.39, 0.29) is 11.9 Å². The smallest absolute Gasteiger partial charge is 0.261 e. The van der Waals surface area contributed by atoms with E-state index in [0.717, 1.165) is 35.8 Å². The van der Waals surface area contributed by atoms with Gasteiger partial charge in [0.1, 0.15) is 5.75 Å². The lowest BCUT2D eigenvalue weighted by Gasteiger charge is -2.35. The monoisotopic (exact) mass is 382 g/mol. The van der Waals surface area contributed by atoms with Crippen molar-refractivity contribution < 1.29 is 14.6 Å². The molecule has 1 aromatic carbocycles. The highest BCUT2D eigenvalue weighted by Gasteiger charge is 2.51. The summed E-state index contributed by atoms with van der Waals surface area (Å²) < 4.78 is 5.28. The van der Waals surface area contributed by atoms with E-state index in [1.807, 2.05) is 6.07 Å². The number of benzene rings is 1. The molecule has 2 aliphatic rings. The highest BCUT2D eigenvalue weighted by Crippen LogP contribution is 2.45. The number of guanidine groups is 1. The van der Waals surface area contributed by atoms with Crippen LogP contribution in [0.4, 0.5) is 0 Å². The summed E-state index contributed by atoms with van der Waals surface area (Å²) in [6, 6.07) is 8.16. The molecule has 1 unspecified atom stereocenters. The van der Waals surface area contributed by atoms with Gasteiger partial charge in [0.15, 0.2) is 11.5 Å². The number of aliphatic hydroxyl groups excluding tert-OH is 1. The van der Waals surface area contributed by atoms with Gasteiger partial charge in [0, 0.05) is 25.9 Å². The minimum absolute atomic E-state index is 0.0521. The third-order valence-corrected chi connectivity index (χ3v) is 5.36. The van der Waals surface area contributed by atoms with E-state index in [2.05, 4.69) is 35.1 Å². The lowest BCUT2D eigenvalue weighted by Crippen LogP contribution is -2.43. The highest BCUT2D eigenvalue weighted by atomic mass is 16.5. The number of carbonyl (C=O) groups is 1. The molecule has 0 saturated heterocycles. The summed E-state index contributed by atoms with van der Waals surface area (Å²) in [5.41, 5.74) is 9.12. The topological polar surface area (TPSA) is 101 Å². The fourth-order valence-electron chi connectivity index (χ4n) is 4.08. The molecule has 0 saturated carbocycles. The Hall–Kier alpha value is -2.93. The van der Waals surface area contributed by atoms with Gasteiger partial charge >= 0.3 is 0 Å². The van der Waals surface area contributed by atoms with Crippen molar-refractivity contribution >= 4 is 11.9 Å². The molecular weight excluding hydrogens is 356 g/mol. The molecule has 2 heterocycles. The predicted molar refractivity (Wildman–Crippen MR) is 108 cm³/mol. The first-order valence-corrected chi connectivity index (χ1v) is 9.15. The standard InChI is InChI=1S/C20H22N4O2.CH4O/c1-12-6-14-5-4-13(15-7-16(26-3)11-22-10-15)8-17(14)20(9-12)18(25)24(2)19(21)23-20;1-2/h4-5,7-8,10-12H,6,9H2,1-3H3,(H2,21,23);2H,1H3/t12-,20?;/m0./s1. The lowest BCUT2D eigenvalue weighted by atomic mass is 9.71. The first kappa shape index (κ1) is 19.8. The number of ether oxygens (including phenoxy) is 1. The van der Waals surface area contributed by atoms with Crippen LogP contribution in [0.15, 0.2) is 41.7 Å². The highest BCUT2D eigenvalue weighted by molar-refractivity contribution is 6.07. The van der Waals surface area contributed by atoms with Crippen molar-refractivity contribution in [1.29, 1.82) is 0 Å². The summed E-state index contributed by atoms with van der Waals surface area (Å²) >= 11 is 0. The van der Waals surface area contributed by atoms with E-state index in [9.17, 15) is 4.79 Å². The number of nitrogens with zero attached hydrogens (tertiary/aromatic N) is 3. The average molecular weight is 382 g/mol. The largest absolute Gasteiger partial charge is 0.495 e. The molecule has 1 spiro atoms. The number of aliphatic imine (C=N–C) groups is 1. The number of likely N-dealkylation sites (N-methyl/N-ethyl adjacent to an activating group) is 1. The van der Waals surface area contributed by atoms with Crippen LogP contribution in [-0.2, 0) is 16.8 Å². The van der Waals surface area contributed by atoms with Crippen LogP contribution >= 0.6 is 0 Å². The minimum atomic E-state index is -0.909. The minimum Gasteiger partial charge on any atom is -0.495 e. The van der Waals surface area contributed by atoms with Gasteiger partial charge in [-0.1, -0.05) is 19.1 Å². The molecule has 0 bridgehead atoms. The molecule has 7 nitrogen and oxygen atoms in total. The second-order valence-corrected chi connectivity index (χ2v) is 7.19. The maximum Gasteiger partial charge on any atom is 0.261 e. The van der Waals surface area contributed by atoms with E-state index >= 15 is 0 Å². The molecule has 1 aliphatic heterocycles. The first-order chi connectivity index (χ1) is 13.4. The Bertz CT molecular complexity index is 928. The van der Waals surface area contributed by atoms with Crippen LogP contribution < -0.4 is 10.5 Å². The van der Waals surface area contributed by atoms with Crippen molar-refractivity contribution in [3.63, 3.8) is 0 Å². The molecule has 1 amide bonds.